The fourth-order valence-corrected chi connectivity index (χ4v) is 4.97. The Morgan fingerprint density at radius 2 is 2.04 bits per heavy atom. The Kier molecular flexibility index (Phi) is 6.16. The number of amides is 1. The molecule has 6 heteroatoms. The quantitative estimate of drug-likeness (QED) is 0.816. The number of carbonyl (C=O) groups is 1. The highest BCUT2D eigenvalue weighted by atomic mass is 16.2. The van der Waals surface area contributed by atoms with E-state index >= 15 is 0 Å². The van der Waals surface area contributed by atoms with E-state index in [9.17, 15) is 4.79 Å². The van der Waals surface area contributed by atoms with Crippen molar-refractivity contribution in [3.8, 4) is 0 Å². The summed E-state index contributed by atoms with van der Waals surface area (Å²) in [5, 5.41) is 0. The molecule has 4 rings (SSSR count). The van der Waals surface area contributed by atoms with E-state index in [0.29, 0.717) is 29.6 Å². The molecule has 2 N–H and O–H groups in total. The minimum absolute atomic E-state index is 0.106. The van der Waals surface area contributed by atoms with Crippen LogP contribution in [0.15, 0.2) is 18.3 Å². The SMILES string of the molecule is CC(C)CCC1NNC2CCN(C(=O)c3ncccc3N3CCCCC3)CC12. The van der Waals surface area contributed by atoms with Crippen molar-refractivity contribution in [1.82, 2.24) is 20.7 Å². The van der Waals surface area contributed by atoms with E-state index in [1.54, 1.807) is 6.20 Å². The van der Waals surface area contributed by atoms with Crippen LogP contribution < -0.4 is 15.8 Å². The summed E-state index contributed by atoms with van der Waals surface area (Å²) in [5.41, 5.74) is 8.65. The number of aromatic nitrogens is 1. The van der Waals surface area contributed by atoms with Gasteiger partial charge in [-0.15, -0.1) is 0 Å². The van der Waals surface area contributed by atoms with Gasteiger partial charge in [-0.2, -0.15) is 0 Å². The van der Waals surface area contributed by atoms with Gasteiger partial charge in [-0.25, -0.2) is 4.98 Å². The van der Waals surface area contributed by atoms with E-state index in [0.717, 1.165) is 44.7 Å². The number of nitrogens with one attached hydrogen (secondary N) is 2. The van der Waals surface area contributed by atoms with Crippen molar-refractivity contribution in [1.29, 1.82) is 0 Å². The summed E-state index contributed by atoms with van der Waals surface area (Å²) in [6, 6.07) is 4.96. The number of rotatable bonds is 5. The van der Waals surface area contributed by atoms with Gasteiger partial charge in [0.15, 0.2) is 5.69 Å². The Balaban J connectivity index is 1.47. The van der Waals surface area contributed by atoms with Crippen LogP contribution in [0.2, 0.25) is 0 Å². The van der Waals surface area contributed by atoms with Gasteiger partial charge in [-0.1, -0.05) is 13.8 Å². The Morgan fingerprint density at radius 3 is 2.82 bits per heavy atom. The zero-order valence-corrected chi connectivity index (χ0v) is 17.4. The second-order valence-corrected chi connectivity index (χ2v) is 9.10. The lowest BCUT2D eigenvalue weighted by molar-refractivity contribution is 0.0644. The zero-order chi connectivity index (χ0) is 19.5. The van der Waals surface area contributed by atoms with Gasteiger partial charge in [0.2, 0.25) is 0 Å². The van der Waals surface area contributed by atoms with Gasteiger partial charge >= 0.3 is 0 Å². The van der Waals surface area contributed by atoms with Crippen molar-refractivity contribution < 1.29 is 4.79 Å². The second-order valence-electron chi connectivity index (χ2n) is 9.10. The minimum atomic E-state index is 0.106. The Hall–Kier alpha value is -1.66. The van der Waals surface area contributed by atoms with Crippen LogP contribution in [0.4, 0.5) is 5.69 Å². The molecule has 28 heavy (non-hydrogen) atoms. The smallest absolute Gasteiger partial charge is 0.274 e. The summed E-state index contributed by atoms with van der Waals surface area (Å²) >= 11 is 0. The summed E-state index contributed by atoms with van der Waals surface area (Å²) < 4.78 is 0. The molecule has 3 fully saturated rings. The maximum Gasteiger partial charge on any atom is 0.274 e. The average Bonchev–Trinajstić information content (AvgIpc) is 3.14. The van der Waals surface area contributed by atoms with Gasteiger partial charge in [0.1, 0.15) is 0 Å². The average molecular weight is 386 g/mol. The number of piperidine rings is 2. The van der Waals surface area contributed by atoms with Crippen LogP contribution in [0.25, 0.3) is 0 Å². The van der Waals surface area contributed by atoms with Crippen LogP contribution in [-0.2, 0) is 0 Å². The van der Waals surface area contributed by atoms with E-state index in [-0.39, 0.29) is 5.91 Å². The van der Waals surface area contributed by atoms with Crippen LogP contribution in [-0.4, -0.2) is 54.1 Å². The van der Waals surface area contributed by atoms with Crippen molar-refractivity contribution in [2.24, 2.45) is 11.8 Å². The van der Waals surface area contributed by atoms with Crippen molar-refractivity contribution in [3.05, 3.63) is 24.0 Å². The zero-order valence-electron chi connectivity index (χ0n) is 17.4. The van der Waals surface area contributed by atoms with E-state index in [4.69, 9.17) is 0 Å². The van der Waals surface area contributed by atoms with Crippen LogP contribution in [0.3, 0.4) is 0 Å². The van der Waals surface area contributed by atoms with E-state index in [1.807, 2.05) is 11.0 Å². The van der Waals surface area contributed by atoms with E-state index in [1.165, 1.54) is 25.7 Å². The molecule has 0 bridgehead atoms. The van der Waals surface area contributed by atoms with Crippen LogP contribution in [0.1, 0.15) is 62.9 Å². The van der Waals surface area contributed by atoms with Crippen LogP contribution >= 0.6 is 0 Å². The van der Waals surface area contributed by atoms with Gasteiger partial charge in [0.05, 0.1) is 5.69 Å². The summed E-state index contributed by atoms with van der Waals surface area (Å²) in [6.45, 7) is 8.24. The maximum atomic E-state index is 13.4. The molecule has 0 spiro atoms. The van der Waals surface area contributed by atoms with Crippen LogP contribution in [0, 0.1) is 11.8 Å². The standard InChI is InChI=1S/C22H35N5O/c1-16(2)8-9-18-17-15-27(14-10-19(17)25-24-18)22(28)21-20(7-6-11-23-21)26-12-4-3-5-13-26/h6-7,11,16-19,24-25H,3-5,8-10,12-15H2,1-2H3. The molecule has 154 valence electrons. The van der Waals surface area contributed by atoms with Gasteiger partial charge < -0.3 is 9.80 Å². The van der Waals surface area contributed by atoms with Gasteiger partial charge in [-0.05, 0) is 56.6 Å². The number of hydrazine groups is 1. The molecule has 0 radical (unpaired) electrons. The van der Waals surface area contributed by atoms with Crippen LogP contribution in [0.5, 0.6) is 0 Å². The molecule has 1 aromatic heterocycles. The topological polar surface area (TPSA) is 60.5 Å². The van der Waals surface area contributed by atoms with Gasteiger partial charge in [0.25, 0.3) is 5.91 Å². The van der Waals surface area contributed by atoms with Crippen molar-refractivity contribution in [2.75, 3.05) is 31.1 Å². The number of anilines is 1. The second kappa shape index (κ2) is 8.78. The molecule has 0 aromatic carbocycles. The van der Waals surface area contributed by atoms with Crippen molar-refractivity contribution in [2.45, 2.75) is 64.5 Å². The predicted molar refractivity (Wildman–Crippen MR) is 112 cm³/mol. The number of hydrogen-bond acceptors (Lipinski definition) is 5. The third kappa shape index (κ3) is 4.18. The third-order valence-electron chi connectivity index (χ3n) is 6.66. The molecule has 0 aliphatic carbocycles. The minimum Gasteiger partial charge on any atom is -0.370 e. The first-order valence-corrected chi connectivity index (χ1v) is 11.1. The third-order valence-corrected chi connectivity index (χ3v) is 6.66. The Morgan fingerprint density at radius 1 is 1.21 bits per heavy atom. The fraction of sp³-hybridized carbons (Fsp3) is 0.727. The highest BCUT2D eigenvalue weighted by Crippen LogP contribution is 2.30. The molecule has 1 aromatic rings. The number of nitrogens with zero attached hydrogens (tertiary/aromatic N) is 3. The summed E-state index contributed by atoms with van der Waals surface area (Å²) in [5.74, 6) is 1.30. The normalized spacial score (nSPS) is 27.9. The molecule has 4 heterocycles. The Bertz CT molecular complexity index is 673. The number of likely N-dealkylation sites (tertiary alicyclic amines) is 1. The van der Waals surface area contributed by atoms with E-state index in [2.05, 4.69) is 40.6 Å². The molecular formula is C22H35N5O. The van der Waals surface area contributed by atoms with Crippen molar-refractivity contribution in [3.63, 3.8) is 0 Å². The molecule has 3 atom stereocenters. The lowest BCUT2D eigenvalue weighted by Gasteiger charge is -2.37. The lowest BCUT2D eigenvalue weighted by atomic mass is 9.85. The largest absolute Gasteiger partial charge is 0.370 e. The highest BCUT2D eigenvalue weighted by Gasteiger charge is 2.41. The molecule has 0 saturated carbocycles. The van der Waals surface area contributed by atoms with Gasteiger partial charge in [-0.3, -0.25) is 15.6 Å². The summed E-state index contributed by atoms with van der Waals surface area (Å²) in [7, 11) is 0. The molecule has 3 saturated heterocycles. The lowest BCUT2D eigenvalue weighted by Crippen LogP contribution is -2.49. The molecule has 3 aliphatic heterocycles. The number of pyridine rings is 1. The molecule has 3 aliphatic rings. The first kappa shape index (κ1) is 19.6. The maximum absolute atomic E-state index is 13.4. The predicted octanol–water partition coefficient (Wildman–Crippen LogP) is 2.82. The summed E-state index contributed by atoms with van der Waals surface area (Å²) in [6.07, 6.45) is 8.83. The molecule has 1 amide bonds. The first-order valence-electron chi connectivity index (χ1n) is 11.1. The highest BCUT2D eigenvalue weighted by molar-refractivity contribution is 5.98. The number of carbonyl (C=O) groups excluding carboxylic acids is 1. The number of fused-ring (bicyclic) bond motifs is 1. The molecular weight excluding hydrogens is 350 g/mol. The van der Waals surface area contributed by atoms with Gasteiger partial charge in [0, 0.05) is 50.4 Å². The van der Waals surface area contributed by atoms with Crippen molar-refractivity contribution >= 4 is 11.6 Å². The molecule has 6 nitrogen and oxygen atoms in total. The fourth-order valence-electron chi connectivity index (χ4n) is 4.97. The monoisotopic (exact) mass is 385 g/mol. The number of hydrogen-bond donors (Lipinski definition) is 2. The Labute approximate surface area is 169 Å². The first-order chi connectivity index (χ1) is 13.6. The van der Waals surface area contributed by atoms with E-state index < -0.39 is 0 Å². The summed E-state index contributed by atoms with van der Waals surface area (Å²) in [4.78, 5) is 22.3. The molecule has 3 unspecified atom stereocenters.